The van der Waals surface area contributed by atoms with Gasteiger partial charge in [0, 0.05) is 30.3 Å². The van der Waals surface area contributed by atoms with Crippen molar-refractivity contribution in [2.24, 2.45) is 5.73 Å². The second-order valence-electron chi connectivity index (χ2n) is 5.09. The molecule has 1 rings (SSSR count). The summed E-state index contributed by atoms with van der Waals surface area (Å²) in [5.41, 5.74) is 4.36. The number of carboxylic acids is 1. The van der Waals surface area contributed by atoms with Gasteiger partial charge >= 0.3 is 12.0 Å². The van der Waals surface area contributed by atoms with Gasteiger partial charge in [-0.2, -0.15) is 0 Å². The molecule has 1 heterocycles. The summed E-state index contributed by atoms with van der Waals surface area (Å²) in [5.74, 6) is -1.57. The number of aromatic carboxylic acids is 1. The van der Waals surface area contributed by atoms with Gasteiger partial charge in [0.05, 0.1) is 5.01 Å². The molecule has 0 saturated heterocycles. The minimum absolute atomic E-state index is 0.00189. The van der Waals surface area contributed by atoms with E-state index < -0.39 is 23.4 Å². The first kappa shape index (κ1) is 16.9. The largest absolute Gasteiger partial charge is 0.476 e. The Morgan fingerprint density at radius 1 is 1.43 bits per heavy atom. The van der Waals surface area contributed by atoms with Crippen LogP contribution in [0.4, 0.5) is 4.79 Å². The minimum Gasteiger partial charge on any atom is -0.476 e. The number of thiazole rings is 1. The molecule has 116 valence electrons. The molecule has 5 N–H and O–H groups in total. The molecule has 21 heavy (non-hydrogen) atoms. The van der Waals surface area contributed by atoms with E-state index in [0.717, 1.165) is 0 Å². The van der Waals surface area contributed by atoms with Crippen molar-refractivity contribution >= 4 is 29.2 Å². The van der Waals surface area contributed by atoms with E-state index in [1.165, 1.54) is 16.7 Å². The van der Waals surface area contributed by atoms with Gasteiger partial charge in [-0.3, -0.25) is 4.79 Å². The zero-order chi connectivity index (χ0) is 16.0. The third-order valence-electron chi connectivity index (χ3n) is 2.46. The van der Waals surface area contributed by atoms with Crippen LogP contribution in [-0.2, 0) is 11.2 Å². The van der Waals surface area contributed by atoms with Crippen LogP contribution in [0.3, 0.4) is 0 Å². The molecule has 8 nitrogen and oxygen atoms in total. The number of nitrogens with two attached hydrogens (primary N) is 1. The topological polar surface area (TPSA) is 134 Å². The molecule has 0 bridgehead atoms. The number of carboxylic acid groups (broad SMARTS) is 1. The fraction of sp³-hybridized carbons (Fsp3) is 0.500. The summed E-state index contributed by atoms with van der Waals surface area (Å²) in [6.07, 6.45) is 0.469. The van der Waals surface area contributed by atoms with Crippen LogP contribution in [0.25, 0.3) is 0 Å². The summed E-state index contributed by atoms with van der Waals surface area (Å²) in [6, 6.07) is -0.420. The monoisotopic (exact) mass is 314 g/mol. The van der Waals surface area contributed by atoms with E-state index in [0.29, 0.717) is 18.0 Å². The average Bonchev–Trinajstić information content (AvgIpc) is 2.74. The Kier molecular flexibility index (Phi) is 5.65. The first-order valence-electron chi connectivity index (χ1n) is 6.21. The van der Waals surface area contributed by atoms with E-state index >= 15 is 0 Å². The third-order valence-corrected chi connectivity index (χ3v) is 3.37. The van der Waals surface area contributed by atoms with Crippen LogP contribution in [-0.4, -0.2) is 40.1 Å². The van der Waals surface area contributed by atoms with Gasteiger partial charge in [0.25, 0.3) is 0 Å². The van der Waals surface area contributed by atoms with Crippen molar-refractivity contribution in [2.45, 2.75) is 32.2 Å². The van der Waals surface area contributed by atoms with Crippen molar-refractivity contribution in [1.82, 2.24) is 15.6 Å². The number of rotatable bonds is 7. The standard InChI is InChI=1S/C12H18N4O4S/c1-12(2,5-8(13)17)16-11(20)14-4-3-9-15-7(6-21-9)10(18)19/h6H,3-5H2,1-2H3,(H2,13,17)(H,18,19)(H2,14,16,20). The molecule has 0 fully saturated rings. The van der Waals surface area contributed by atoms with Gasteiger partial charge in [-0.05, 0) is 13.8 Å². The fourth-order valence-electron chi connectivity index (χ4n) is 1.64. The lowest BCUT2D eigenvalue weighted by Crippen LogP contribution is -2.50. The average molecular weight is 314 g/mol. The number of primary amides is 1. The van der Waals surface area contributed by atoms with E-state index in [4.69, 9.17) is 10.8 Å². The second-order valence-corrected chi connectivity index (χ2v) is 6.03. The van der Waals surface area contributed by atoms with Crippen LogP contribution in [0.2, 0.25) is 0 Å². The van der Waals surface area contributed by atoms with Gasteiger partial charge in [-0.1, -0.05) is 0 Å². The van der Waals surface area contributed by atoms with E-state index in [1.807, 2.05) is 0 Å². The van der Waals surface area contributed by atoms with Gasteiger partial charge in [-0.15, -0.1) is 11.3 Å². The molecular formula is C12H18N4O4S. The highest BCUT2D eigenvalue weighted by Crippen LogP contribution is 2.10. The predicted octanol–water partition coefficient (Wildman–Crippen LogP) is 0.337. The number of hydrogen-bond acceptors (Lipinski definition) is 5. The van der Waals surface area contributed by atoms with Crippen molar-refractivity contribution in [2.75, 3.05) is 6.54 Å². The molecule has 0 aliphatic rings. The van der Waals surface area contributed by atoms with Gasteiger partial charge < -0.3 is 21.5 Å². The van der Waals surface area contributed by atoms with Crippen LogP contribution in [0.1, 0.15) is 35.8 Å². The Morgan fingerprint density at radius 3 is 2.62 bits per heavy atom. The Labute approximate surface area is 125 Å². The summed E-state index contributed by atoms with van der Waals surface area (Å²) in [4.78, 5) is 37.1. The molecule has 1 aromatic heterocycles. The number of amides is 3. The molecule has 9 heteroatoms. The molecule has 0 saturated carbocycles. The molecule has 1 aromatic rings. The highest BCUT2D eigenvalue weighted by molar-refractivity contribution is 7.09. The Balaban J connectivity index is 2.36. The highest BCUT2D eigenvalue weighted by atomic mass is 32.1. The number of hydrogen-bond donors (Lipinski definition) is 4. The first-order chi connectivity index (χ1) is 9.69. The SMILES string of the molecule is CC(C)(CC(N)=O)NC(=O)NCCc1nc(C(=O)O)cs1. The Bertz CT molecular complexity index is 541. The maximum atomic E-state index is 11.7. The van der Waals surface area contributed by atoms with E-state index in [9.17, 15) is 14.4 Å². The maximum absolute atomic E-state index is 11.7. The number of urea groups is 1. The molecular weight excluding hydrogens is 296 g/mol. The maximum Gasteiger partial charge on any atom is 0.355 e. The minimum atomic E-state index is -1.07. The third kappa shape index (κ3) is 6.21. The van der Waals surface area contributed by atoms with E-state index in [2.05, 4.69) is 15.6 Å². The number of carbonyl (C=O) groups excluding carboxylic acids is 2. The Hall–Kier alpha value is -2.16. The zero-order valence-electron chi connectivity index (χ0n) is 11.8. The summed E-state index contributed by atoms with van der Waals surface area (Å²) >= 11 is 1.23. The molecule has 0 unspecified atom stereocenters. The molecule has 0 radical (unpaired) electrons. The van der Waals surface area contributed by atoms with Gasteiger partial charge in [-0.25, -0.2) is 14.6 Å². The number of aromatic nitrogens is 1. The van der Waals surface area contributed by atoms with Crippen LogP contribution in [0.15, 0.2) is 5.38 Å². The summed E-state index contributed by atoms with van der Waals surface area (Å²) in [7, 11) is 0. The molecule has 0 aromatic carbocycles. The van der Waals surface area contributed by atoms with Gasteiger partial charge in [0.1, 0.15) is 0 Å². The highest BCUT2D eigenvalue weighted by Gasteiger charge is 2.22. The van der Waals surface area contributed by atoms with Crippen LogP contribution in [0.5, 0.6) is 0 Å². The molecule has 0 aliphatic heterocycles. The predicted molar refractivity (Wildman–Crippen MR) is 77.2 cm³/mol. The lowest BCUT2D eigenvalue weighted by atomic mass is 10.0. The summed E-state index contributed by atoms with van der Waals surface area (Å²) in [6.45, 7) is 3.69. The van der Waals surface area contributed by atoms with E-state index in [1.54, 1.807) is 13.8 Å². The Morgan fingerprint density at radius 2 is 2.10 bits per heavy atom. The number of nitrogens with zero attached hydrogens (tertiary/aromatic N) is 1. The van der Waals surface area contributed by atoms with Gasteiger partial charge in [0.2, 0.25) is 5.91 Å². The smallest absolute Gasteiger partial charge is 0.355 e. The van der Waals surface area contributed by atoms with Gasteiger partial charge in [0.15, 0.2) is 5.69 Å². The molecule has 0 atom stereocenters. The molecule has 3 amide bonds. The lowest BCUT2D eigenvalue weighted by Gasteiger charge is -2.24. The van der Waals surface area contributed by atoms with Crippen molar-refractivity contribution in [1.29, 1.82) is 0 Å². The van der Waals surface area contributed by atoms with Crippen molar-refractivity contribution in [3.05, 3.63) is 16.1 Å². The molecule has 0 spiro atoms. The molecule has 0 aliphatic carbocycles. The van der Waals surface area contributed by atoms with Crippen LogP contribution >= 0.6 is 11.3 Å². The first-order valence-corrected chi connectivity index (χ1v) is 7.09. The fourth-order valence-corrected chi connectivity index (χ4v) is 2.41. The zero-order valence-corrected chi connectivity index (χ0v) is 12.6. The lowest BCUT2D eigenvalue weighted by molar-refractivity contribution is -0.119. The second kappa shape index (κ2) is 7.02. The van der Waals surface area contributed by atoms with E-state index in [-0.39, 0.29) is 12.1 Å². The summed E-state index contributed by atoms with van der Waals surface area (Å²) in [5, 5.41) is 16.1. The van der Waals surface area contributed by atoms with Crippen molar-refractivity contribution < 1.29 is 19.5 Å². The number of nitrogens with one attached hydrogen (secondary N) is 2. The number of carbonyl (C=O) groups is 3. The van der Waals surface area contributed by atoms with Crippen molar-refractivity contribution in [3.8, 4) is 0 Å². The van der Waals surface area contributed by atoms with Crippen LogP contribution in [0, 0.1) is 0 Å². The quantitative estimate of drug-likeness (QED) is 0.575. The van der Waals surface area contributed by atoms with Crippen LogP contribution < -0.4 is 16.4 Å². The summed E-state index contributed by atoms with van der Waals surface area (Å²) < 4.78 is 0. The normalized spacial score (nSPS) is 11.0. The van der Waals surface area contributed by atoms with Crippen molar-refractivity contribution in [3.63, 3.8) is 0 Å².